The fourth-order valence-corrected chi connectivity index (χ4v) is 1.22. The third kappa shape index (κ3) is 4.38. The zero-order chi connectivity index (χ0) is 11.5. The topological polar surface area (TPSA) is 12.0 Å². The van der Waals surface area contributed by atoms with Crippen LogP contribution in [-0.4, -0.2) is 12.1 Å². The van der Waals surface area contributed by atoms with Crippen molar-refractivity contribution in [1.82, 2.24) is 5.32 Å². The molecule has 84 valence electrons. The molecule has 0 fully saturated rings. The number of hydrogen-bond donors (Lipinski definition) is 1. The predicted octanol–water partition coefficient (Wildman–Crippen LogP) is 3.22. The molecule has 15 heavy (non-hydrogen) atoms. The Morgan fingerprint density at radius 1 is 1.33 bits per heavy atom. The van der Waals surface area contributed by atoms with Gasteiger partial charge in [0.15, 0.2) is 0 Å². The summed E-state index contributed by atoms with van der Waals surface area (Å²) in [5.41, 5.74) is 0.254. The Morgan fingerprint density at radius 2 is 2.00 bits per heavy atom. The van der Waals surface area contributed by atoms with Gasteiger partial charge < -0.3 is 5.32 Å². The van der Waals surface area contributed by atoms with Crippen molar-refractivity contribution in [2.24, 2.45) is 0 Å². The van der Waals surface area contributed by atoms with E-state index in [4.69, 9.17) is 0 Å². The Balaban J connectivity index is 2.58. The normalized spacial score (nSPS) is 13.9. The van der Waals surface area contributed by atoms with E-state index >= 15 is 0 Å². The van der Waals surface area contributed by atoms with Gasteiger partial charge in [-0.2, -0.15) is 0 Å². The molecule has 0 aliphatic carbocycles. The standard InChI is InChI=1S/C12H17F2N/c1-12(2,3)15-8-11(14)9-5-4-6-10(13)7-9/h4-7,11,15H,8H2,1-3H3. The van der Waals surface area contributed by atoms with E-state index < -0.39 is 12.0 Å². The molecule has 0 saturated heterocycles. The fourth-order valence-electron chi connectivity index (χ4n) is 1.22. The van der Waals surface area contributed by atoms with Crippen molar-refractivity contribution >= 4 is 0 Å². The first kappa shape index (κ1) is 12.1. The molecule has 1 aromatic carbocycles. The van der Waals surface area contributed by atoms with Crippen LogP contribution in [0.2, 0.25) is 0 Å². The summed E-state index contributed by atoms with van der Waals surface area (Å²) in [6, 6.07) is 5.66. The van der Waals surface area contributed by atoms with Gasteiger partial charge in [0, 0.05) is 12.1 Å². The van der Waals surface area contributed by atoms with E-state index in [1.165, 1.54) is 18.2 Å². The maximum absolute atomic E-state index is 13.6. The quantitative estimate of drug-likeness (QED) is 0.812. The van der Waals surface area contributed by atoms with Gasteiger partial charge in [-0.1, -0.05) is 12.1 Å². The van der Waals surface area contributed by atoms with Gasteiger partial charge in [0.2, 0.25) is 0 Å². The maximum atomic E-state index is 13.6. The largest absolute Gasteiger partial charge is 0.309 e. The molecule has 0 radical (unpaired) electrons. The fraction of sp³-hybridized carbons (Fsp3) is 0.500. The molecule has 0 aliphatic rings. The molecule has 1 atom stereocenters. The number of halogens is 2. The highest BCUT2D eigenvalue weighted by atomic mass is 19.1. The molecular formula is C12H17F2N. The molecule has 1 nitrogen and oxygen atoms in total. The minimum Gasteiger partial charge on any atom is -0.309 e. The van der Waals surface area contributed by atoms with Crippen molar-refractivity contribution in [3.63, 3.8) is 0 Å². The lowest BCUT2D eigenvalue weighted by Crippen LogP contribution is -2.37. The van der Waals surface area contributed by atoms with Crippen LogP contribution in [0.15, 0.2) is 24.3 Å². The number of rotatable bonds is 3. The Bertz CT molecular complexity index is 318. The molecule has 1 N–H and O–H groups in total. The summed E-state index contributed by atoms with van der Waals surface area (Å²) >= 11 is 0. The lowest BCUT2D eigenvalue weighted by molar-refractivity contribution is 0.291. The number of alkyl halides is 1. The van der Waals surface area contributed by atoms with E-state index in [2.05, 4.69) is 5.32 Å². The van der Waals surface area contributed by atoms with Crippen molar-refractivity contribution in [1.29, 1.82) is 0 Å². The molecule has 0 aliphatic heterocycles. The van der Waals surface area contributed by atoms with Gasteiger partial charge in [-0.15, -0.1) is 0 Å². The van der Waals surface area contributed by atoms with Gasteiger partial charge in [-0.3, -0.25) is 0 Å². The number of benzene rings is 1. The highest BCUT2D eigenvalue weighted by molar-refractivity contribution is 5.19. The zero-order valence-corrected chi connectivity index (χ0v) is 9.35. The third-order valence-corrected chi connectivity index (χ3v) is 2.02. The highest BCUT2D eigenvalue weighted by Gasteiger charge is 2.15. The molecule has 0 bridgehead atoms. The van der Waals surface area contributed by atoms with Gasteiger partial charge >= 0.3 is 0 Å². The van der Waals surface area contributed by atoms with Crippen LogP contribution in [0.1, 0.15) is 32.5 Å². The van der Waals surface area contributed by atoms with Crippen molar-refractivity contribution in [2.75, 3.05) is 6.54 Å². The van der Waals surface area contributed by atoms with Gasteiger partial charge in [0.25, 0.3) is 0 Å². The molecule has 3 heteroatoms. The zero-order valence-electron chi connectivity index (χ0n) is 9.35. The number of hydrogen-bond acceptors (Lipinski definition) is 1. The predicted molar refractivity (Wildman–Crippen MR) is 58.0 cm³/mol. The van der Waals surface area contributed by atoms with E-state index in [9.17, 15) is 8.78 Å². The van der Waals surface area contributed by atoms with E-state index in [1.807, 2.05) is 20.8 Å². The Hall–Kier alpha value is -0.960. The van der Waals surface area contributed by atoms with Crippen LogP contribution in [0, 0.1) is 5.82 Å². The van der Waals surface area contributed by atoms with Crippen molar-refractivity contribution in [3.05, 3.63) is 35.6 Å². The van der Waals surface area contributed by atoms with E-state index in [0.717, 1.165) is 0 Å². The maximum Gasteiger partial charge on any atom is 0.138 e. The molecule has 0 aromatic heterocycles. The Morgan fingerprint density at radius 3 is 2.53 bits per heavy atom. The first-order valence-corrected chi connectivity index (χ1v) is 5.03. The van der Waals surface area contributed by atoms with Gasteiger partial charge in [-0.25, -0.2) is 8.78 Å². The van der Waals surface area contributed by atoms with Gasteiger partial charge in [-0.05, 0) is 38.5 Å². The summed E-state index contributed by atoms with van der Waals surface area (Å²) in [5, 5.41) is 3.04. The van der Waals surface area contributed by atoms with Gasteiger partial charge in [0.1, 0.15) is 12.0 Å². The second-order valence-electron chi connectivity index (χ2n) is 4.65. The molecule has 0 heterocycles. The molecule has 1 aromatic rings. The van der Waals surface area contributed by atoms with Crippen LogP contribution in [0.3, 0.4) is 0 Å². The second-order valence-corrected chi connectivity index (χ2v) is 4.65. The van der Waals surface area contributed by atoms with E-state index in [0.29, 0.717) is 5.56 Å². The van der Waals surface area contributed by atoms with Crippen LogP contribution in [0.4, 0.5) is 8.78 Å². The first-order chi connectivity index (χ1) is 6.88. The summed E-state index contributed by atoms with van der Waals surface area (Å²) in [7, 11) is 0. The van der Waals surface area contributed by atoms with Crippen LogP contribution < -0.4 is 5.32 Å². The highest BCUT2D eigenvalue weighted by Crippen LogP contribution is 2.18. The van der Waals surface area contributed by atoms with Crippen molar-refractivity contribution in [2.45, 2.75) is 32.5 Å². The Kier molecular flexibility index (Phi) is 3.80. The smallest absolute Gasteiger partial charge is 0.138 e. The summed E-state index contributed by atoms with van der Waals surface area (Å²) < 4.78 is 26.4. The summed E-state index contributed by atoms with van der Waals surface area (Å²) in [5.74, 6) is -0.397. The molecular weight excluding hydrogens is 196 g/mol. The number of nitrogens with one attached hydrogen (secondary N) is 1. The molecule has 1 unspecified atom stereocenters. The molecule has 1 rings (SSSR count). The lowest BCUT2D eigenvalue weighted by Gasteiger charge is -2.22. The minimum atomic E-state index is -1.17. The summed E-state index contributed by atoms with van der Waals surface area (Å²) in [6.45, 7) is 6.09. The molecule has 0 spiro atoms. The molecule has 0 amide bonds. The van der Waals surface area contributed by atoms with Crippen LogP contribution in [0.5, 0.6) is 0 Å². The monoisotopic (exact) mass is 213 g/mol. The Labute approximate surface area is 89.5 Å². The van der Waals surface area contributed by atoms with Gasteiger partial charge in [0.05, 0.1) is 0 Å². The van der Waals surface area contributed by atoms with Crippen LogP contribution in [0.25, 0.3) is 0 Å². The summed E-state index contributed by atoms with van der Waals surface area (Å²) in [6.07, 6.45) is -1.17. The van der Waals surface area contributed by atoms with Crippen LogP contribution in [-0.2, 0) is 0 Å². The van der Waals surface area contributed by atoms with Crippen molar-refractivity contribution in [3.8, 4) is 0 Å². The van der Waals surface area contributed by atoms with Crippen molar-refractivity contribution < 1.29 is 8.78 Å². The first-order valence-electron chi connectivity index (χ1n) is 5.03. The van der Waals surface area contributed by atoms with E-state index in [1.54, 1.807) is 6.07 Å². The molecule has 0 saturated carbocycles. The van der Waals surface area contributed by atoms with E-state index in [-0.39, 0.29) is 12.1 Å². The summed E-state index contributed by atoms with van der Waals surface area (Å²) in [4.78, 5) is 0. The van der Waals surface area contributed by atoms with Crippen LogP contribution >= 0.6 is 0 Å². The average molecular weight is 213 g/mol. The average Bonchev–Trinajstić information content (AvgIpc) is 2.13. The second kappa shape index (κ2) is 4.71. The SMILES string of the molecule is CC(C)(C)NCC(F)c1cccc(F)c1. The lowest BCUT2D eigenvalue weighted by atomic mass is 10.1. The third-order valence-electron chi connectivity index (χ3n) is 2.02. The minimum absolute atomic E-state index is 0.127.